The van der Waals surface area contributed by atoms with Gasteiger partial charge in [0.1, 0.15) is 16.7 Å². The zero-order valence-corrected chi connectivity index (χ0v) is 18.8. The SMILES string of the molecule is CCCC1CN(Cc2c(C)c(OC)cc3c2N=C(CC)CN3)c2nc(N)nc(Cl)c21. The van der Waals surface area contributed by atoms with Crippen LogP contribution in [0.15, 0.2) is 11.1 Å². The molecule has 7 nitrogen and oxygen atoms in total. The van der Waals surface area contributed by atoms with Gasteiger partial charge in [-0.2, -0.15) is 4.98 Å². The molecule has 0 saturated carbocycles. The molecule has 0 aliphatic carbocycles. The number of nitrogens with two attached hydrogens (primary N) is 1. The first-order valence-corrected chi connectivity index (χ1v) is 10.9. The molecule has 0 bridgehead atoms. The third-order valence-corrected chi connectivity index (χ3v) is 6.34. The molecule has 1 atom stereocenters. The van der Waals surface area contributed by atoms with E-state index < -0.39 is 0 Å². The van der Waals surface area contributed by atoms with Crippen LogP contribution in [0.25, 0.3) is 0 Å². The second kappa shape index (κ2) is 8.30. The minimum atomic E-state index is 0.207. The van der Waals surface area contributed by atoms with Crippen molar-refractivity contribution >= 4 is 40.5 Å². The first-order valence-electron chi connectivity index (χ1n) is 10.5. The molecule has 8 heteroatoms. The highest BCUT2D eigenvalue weighted by molar-refractivity contribution is 6.30. The monoisotopic (exact) mass is 428 g/mol. The quantitative estimate of drug-likeness (QED) is 0.640. The van der Waals surface area contributed by atoms with Gasteiger partial charge in [0.25, 0.3) is 0 Å². The third-order valence-electron chi connectivity index (χ3n) is 6.05. The molecule has 2 aliphatic heterocycles. The second-order valence-corrected chi connectivity index (χ2v) is 8.30. The zero-order valence-electron chi connectivity index (χ0n) is 18.0. The van der Waals surface area contributed by atoms with Gasteiger partial charge in [-0.25, -0.2) is 4.98 Å². The molecular formula is C22H29ClN6O. The zero-order chi connectivity index (χ0) is 21.4. The van der Waals surface area contributed by atoms with Crippen LogP contribution in [-0.4, -0.2) is 35.9 Å². The summed E-state index contributed by atoms with van der Waals surface area (Å²) < 4.78 is 5.66. The molecule has 1 unspecified atom stereocenters. The molecular weight excluding hydrogens is 400 g/mol. The fourth-order valence-corrected chi connectivity index (χ4v) is 4.79. The van der Waals surface area contributed by atoms with Gasteiger partial charge in [0.2, 0.25) is 5.95 Å². The molecule has 4 rings (SSSR count). The molecule has 0 radical (unpaired) electrons. The summed E-state index contributed by atoms with van der Waals surface area (Å²) in [5.74, 6) is 2.20. The Morgan fingerprint density at radius 3 is 2.83 bits per heavy atom. The fourth-order valence-electron chi connectivity index (χ4n) is 4.46. The van der Waals surface area contributed by atoms with Crippen molar-refractivity contribution in [3.05, 3.63) is 27.9 Å². The van der Waals surface area contributed by atoms with E-state index >= 15 is 0 Å². The summed E-state index contributed by atoms with van der Waals surface area (Å²) in [7, 11) is 1.71. The number of benzene rings is 1. The van der Waals surface area contributed by atoms with Gasteiger partial charge in [0.05, 0.1) is 25.0 Å². The van der Waals surface area contributed by atoms with Gasteiger partial charge in [0.15, 0.2) is 0 Å². The van der Waals surface area contributed by atoms with Crippen molar-refractivity contribution in [2.45, 2.75) is 52.5 Å². The van der Waals surface area contributed by atoms with Crippen molar-refractivity contribution < 1.29 is 4.74 Å². The number of hydrogen-bond donors (Lipinski definition) is 2. The first-order chi connectivity index (χ1) is 14.5. The number of aromatic nitrogens is 2. The first kappa shape index (κ1) is 20.7. The van der Waals surface area contributed by atoms with Crippen LogP contribution < -0.4 is 20.7 Å². The standard InChI is InChI=1S/C22H29ClN6O/c1-5-7-13-10-29(21-18(13)20(23)27-22(24)28-21)11-15-12(3)17(30-4)8-16-19(15)26-14(6-2)9-25-16/h8,13,25H,5-7,9-11H2,1-4H3,(H2,24,27,28). The van der Waals surface area contributed by atoms with Gasteiger partial charge in [-0.05, 0) is 25.3 Å². The summed E-state index contributed by atoms with van der Waals surface area (Å²) in [4.78, 5) is 16.0. The maximum atomic E-state index is 6.50. The van der Waals surface area contributed by atoms with Crippen molar-refractivity contribution in [3.63, 3.8) is 0 Å². The van der Waals surface area contributed by atoms with E-state index in [0.717, 1.165) is 77.7 Å². The highest BCUT2D eigenvalue weighted by atomic mass is 35.5. The van der Waals surface area contributed by atoms with Crippen LogP contribution in [0.5, 0.6) is 5.75 Å². The topological polar surface area (TPSA) is 88.7 Å². The number of fused-ring (bicyclic) bond motifs is 2. The van der Waals surface area contributed by atoms with Gasteiger partial charge in [-0.15, -0.1) is 0 Å². The van der Waals surface area contributed by atoms with Crippen LogP contribution >= 0.6 is 11.6 Å². The molecule has 0 fully saturated rings. The Balaban J connectivity index is 1.80. The van der Waals surface area contributed by atoms with Crippen molar-refractivity contribution in [2.24, 2.45) is 4.99 Å². The number of ether oxygens (including phenoxy) is 1. The van der Waals surface area contributed by atoms with Gasteiger partial charge in [-0.3, -0.25) is 4.99 Å². The van der Waals surface area contributed by atoms with Crippen LogP contribution in [0.1, 0.15) is 55.7 Å². The average molecular weight is 429 g/mol. The number of hydrogen-bond acceptors (Lipinski definition) is 7. The minimum absolute atomic E-state index is 0.207. The van der Waals surface area contributed by atoms with E-state index in [9.17, 15) is 0 Å². The number of halogens is 1. The summed E-state index contributed by atoms with van der Waals surface area (Å²) in [6, 6.07) is 2.04. The number of rotatable bonds is 6. The molecule has 1 aromatic carbocycles. The molecule has 30 heavy (non-hydrogen) atoms. The third kappa shape index (κ3) is 3.55. The van der Waals surface area contributed by atoms with Gasteiger partial charge in [0, 0.05) is 41.9 Å². The Morgan fingerprint density at radius 2 is 2.13 bits per heavy atom. The summed E-state index contributed by atoms with van der Waals surface area (Å²) in [5.41, 5.74) is 12.3. The van der Waals surface area contributed by atoms with E-state index in [1.54, 1.807) is 7.11 Å². The summed E-state index contributed by atoms with van der Waals surface area (Å²) in [6.07, 6.45) is 3.02. The number of methoxy groups -OCH3 is 1. The van der Waals surface area contributed by atoms with Crippen molar-refractivity contribution in [1.29, 1.82) is 0 Å². The number of aliphatic imine (C=N–C) groups is 1. The van der Waals surface area contributed by atoms with E-state index in [0.29, 0.717) is 17.6 Å². The highest BCUT2D eigenvalue weighted by Crippen LogP contribution is 2.45. The molecule has 3 N–H and O–H groups in total. The van der Waals surface area contributed by atoms with E-state index in [-0.39, 0.29) is 5.95 Å². The lowest BCUT2D eigenvalue weighted by Gasteiger charge is -2.26. The molecule has 0 saturated heterocycles. The Hall–Kier alpha value is -2.54. The lowest BCUT2D eigenvalue weighted by molar-refractivity contribution is 0.411. The number of nitrogens with one attached hydrogen (secondary N) is 1. The molecule has 2 aliphatic rings. The average Bonchev–Trinajstić information content (AvgIpc) is 3.07. The Morgan fingerprint density at radius 1 is 1.33 bits per heavy atom. The van der Waals surface area contributed by atoms with Crippen LogP contribution in [0.3, 0.4) is 0 Å². The summed E-state index contributed by atoms with van der Waals surface area (Å²) in [5, 5.41) is 3.97. The number of nitrogen functional groups attached to an aromatic ring is 1. The molecule has 2 aromatic rings. The molecule has 1 aromatic heterocycles. The molecule has 0 spiro atoms. The van der Waals surface area contributed by atoms with E-state index in [1.807, 2.05) is 6.07 Å². The van der Waals surface area contributed by atoms with Gasteiger partial charge in [-0.1, -0.05) is 31.9 Å². The molecule has 0 amide bonds. The fraction of sp³-hybridized carbons (Fsp3) is 0.500. The summed E-state index contributed by atoms with van der Waals surface area (Å²) >= 11 is 6.50. The van der Waals surface area contributed by atoms with Crippen LogP contribution in [0, 0.1) is 6.92 Å². The normalized spacial score (nSPS) is 17.3. The Labute approximate surface area is 182 Å². The predicted molar refractivity (Wildman–Crippen MR) is 124 cm³/mol. The smallest absolute Gasteiger partial charge is 0.223 e. The van der Waals surface area contributed by atoms with Crippen molar-refractivity contribution in [3.8, 4) is 5.75 Å². The van der Waals surface area contributed by atoms with E-state index in [2.05, 4.69) is 41.0 Å². The second-order valence-electron chi connectivity index (χ2n) is 7.94. The highest BCUT2D eigenvalue weighted by Gasteiger charge is 2.34. The minimum Gasteiger partial charge on any atom is -0.496 e. The van der Waals surface area contributed by atoms with Crippen molar-refractivity contribution in [1.82, 2.24) is 9.97 Å². The largest absolute Gasteiger partial charge is 0.496 e. The lowest BCUT2D eigenvalue weighted by atomic mass is 9.99. The van der Waals surface area contributed by atoms with Crippen LogP contribution in [0.2, 0.25) is 5.15 Å². The van der Waals surface area contributed by atoms with E-state index in [4.69, 9.17) is 27.1 Å². The number of anilines is 3. The van der Waals surface area contributed by atoms with E-state index in [1.165, 1.54) is 0 Å². The maximum absolute atomic E-state index is 6.50. The Bertz CT molecular complexity index is 1010. The maximum Gasteiger partial charge on any atom is 0.223 e. The van der Waals surface area contributed by atoms with Gasteiger partial charge >= 0.3 is 0 Å². The Kier molecular flexibility index (Phi) is 5.73. The number of nitrogens with zero attached hydrogens (tertiary/aromatic N) is 4. The predicted octanol–water partition coefficient (Wildman–Crippen LogP) is 4.84. The molecule has 3 heterocycles. The van der Waals surface area contributed by atoms with Crippen LogP contribution in [0.4, 0.5) is 23.1 Å². The molecule has 160 valence electrons. The summed E-state index contributed by atoms with van der Waals surface area (Å²) in [6.45, 7) is 8.67. The van der Waals surface area contributed by atoms with Gasteiger partial charge < -0.3 is 20.7 Å². The van der Waals surface area contributed by atoms with Crippen LogP contribution in [-0.2, 0) is 6.54 Å². The van der Waals surface area contributed by atoms with Crippen molar-refractivity contribution in [2.75, 3.05) is 36.1 Å². The lowest BCUT2D eigenvalue weighted by Crippen LogP contribution is -2.24.